The topological polar surface area (TPSA) is 84.7 Å². The van der Waals surface area contributed by atoms with Crippen molar-refractivity contribution in [3.05, 3.63) is 52.3 Å². The predicted molar refractivity (Wildman–Crippen MR) is 112 cm³/mol. The van der Waals surface area contributed by atoms with Crippen LogP contribution in [0.3, 0.4) is 0 Å². The molecule has 1 aromatic carbocycles. The van der Waals surface area contributed by atoms with Crippen molar-refractivity contribution in [2.24, 2.45) is 5.10 Å². The maximum atomic E-state index is 11.9. The Morgan fingerprint density at radius 2 is 1.97 bits per heavy atom. The number of rotatable bonds is 5. The Labute approximate surface area is 171 Å². The molecule has 2 heterocycles. The molecule has 1 saturated heterocycles. The van der Waals surface area contributed by atoms with Gasteiger partial charge in [-0.1, -0.05) is 6.07 Å². The first kappa shape index (κ1) is 20.8. The SMILES string of the molecule is Cc1ccc(-n2c(C)cc(/C=N\NC(=O)C(=O)NC[C@@H]3CCCO3)c2C)cc1C. The molecule has 1 aromatic heterocycles. The number of benzene rings is 1. The number of carbonyl (C=O) groups excluding carboxylic acids is 2. The molecule has 0 saturated carbocycles. The minimum absolute atomic E-state index is 0.00829. The van der Waals surface area contributed by atoms with E-state index in [1.165, 1.54) is 11.1 Å². The molecule has 29 heavy (non-hydrogen) atoms. The summed E-state index contributed by atoms with van der Waals surface area (Å²) in [6, 6.07) is 8.34. The van der Waals surface area contributed by atoms with E-state index in [2.05, 4.69) is 52.5 Å². The zero-order chi connectivity index (χ0) is 21.0. The number of hydrogen-bond donors (Lipinski definition) is 2. The second-order valence-electron chi connectivity index (χ2n) is 7.47. The van der Waals surface area contributed by atoms with Gasteiger partial charge in [0.2, 0.25) is 0 Å². The van der Waals surface area contributed by atoms with Crippen LogP contribution in [-0.2, 0) is 14.3 Å². The van der Waals surface area contributed by atoms with Crippen molar-refractivity contribution in [3.63, 3.8) is 0 Å². The lowest BCUT2D eigenvalue weighted by Gasteiger charge is -2.11. The van der Waals surface area contributed by atoms with E-state index in [1.807, 2.05) is 19.9 Å². The molecule has 7 nitrogen and oxygen atoms in total. The summed E-state index contributed by atoms with van der Waals surface area (Å²) in [6.45, 7) is 9.25. The van der Waals surface area contributed by atoms with E-state index in [0.29, 0.717) is 13.2 Å². The van der Waals surface area contributed by atoms with Crippen molar-refractivity contribution in [2.75, 3.05) is 13.2 Å². The monoisotopic (exact) mass is 396 g/mol. The number of amides is 2. The first-order valence-electron chi connectivity index (χ1n) is 9.86. The molecule has 154 valence electrons. The maximum absolute atomic E-state index is 11.9. The largest absolute Gasteiger partial charge is 0.376 e. The molecule has 2 aromatic rings. The van der Waals surface area contributed by atoms with Gasteiger partial charge >= 0.3 is 11.8 Å². The molecule has 1 aliphatic heterocycles. The van der Waals surface area contributed by atoms with Gasteiger partial charge in [0.15, 0.2) is 0 Å². The molecule has 0 bridgehead atoms. The van der Waals surface area contributed by atoms with E-state index in [1.54, 1.807) is 6.21 Å². The number of hydrogen-bond acceptors (Lipinski definition) is 4. The van der Waals surface area contributed by atoms with Crippen molar-refractivity contribution in [1.82, 2.24) is 15.3 Å². The second-order valence-corrected chi connectivity index (χ2v) is 7.47. The third-order valence-electron chi connectivity index (χ3n) is 5.31. The number of hydrazone groups is 1. The van der Waals surface area contributed by atoms with Crippen molar-refractivity contribution in [1.29, 1.82) is 0 Å². The van der Waals surface area contributed by atoms with E-state index >= 15 is 0 Å². The highest BCUT2D eigenvalue weighted by molar-refractivity contribution is 6.35. The fourth-order valence-corrected chi connectivity index (χ4v) is 3.48. The zero-order valence-corrected chi connectivity index (χ0v) is 17.4. The number of ether oxygens (including phenoxy) is 1. The van der Waals surface area contributed by atoms with E-state index in [-0.39, 0.29) is 6.10 Å². The van der Waals surface area contributed by atoms with Gasteiger partial charge in [-0.05, 0) is 69.9 Å². The van der Waals surface area contributed by atoms with Gasteiger partial charge in [0.1, 0.15) is 0 Å². The summed E-state index contributed by atoms with van der Waals surface area (Å²) in [4.78, 5) is 23.8. The number of nitrogens with one attached hydrogen (secondary N) is 2. The summed E-state index contributed by atoms with van der Waals surface area (Å²) in [6.07, 6.45) is 3.44. The normalized spacial score (nSPS) is 16.3. The molecule has 1 aliphatic rings. The lowest BCUT2D eigenvalue weighted by atomic mass is 10.1. The predicted octanol–water partition coefficient (Wildman–Crippen LogP) is 2.46. The van der Waals surface area contributed by atoms with Crippen LogP contribution in [0.4, 0.5) is 0 Å². The highest BCUT2D eigenvalue weighted by atomic mass is 16.5. The van der Waals surface area contributed by atoms with Gasteiger partial charge in [-0.2, -0.15) is 5.10 Å². The smallest absolute Gasteiger partial charge is 0.329 e. The minimum atomic E-state index is -0.790. The Morgan fingerprint density at radius 3 is 2.66 bits per heavy atom. The quantitative estimate of drug-likeness (QED) is 0.463. The molecule has 0 aliphatic carbocycles. The third-order valence-corrected chi connectivity index (χ3v) is 5.31. The van der Waals surface area contributed by atoms with Gasteiger partial charge in [0.05, 0.1) is 12.3 Å². The molecule has 2 N–H and O–H groups in total. The first-order valence-corrected chi connectivity index (χ1v) is 9.86. The van der Waals surface area contributed by atoms with Crippen molar-refractivity contribution >= 4 is 18.0 Å². The fraction of sp³-hybridized carbons (Fsp3) is 0.409. The second kappa shape index (κ2) is 9.05. The van der Waals surface area contributed by atoms with E-state index < -0.39 is 11.8 Å². The fourth-order valence-electron chi connectivity index (χ4n) is 3.48. The molecular formula is C22H28N4O3. The Bertz CT molecular complexity index is 940. The van der Waals surface area contributed by atoms with Crippen LogP contribution in [0.5, 0.6) is 0 Å². The number of aryl methyl sites for hydroxylation is 3. The van der Waals surface area contributed by atoms with Crippen LogP contribution >= 0.6 is 0 Å². The van der Waals surface area contributed by atoms with E-state index in [9.17, 15) is 9.59 Å². The molecule has 1 fully saturated rings. The van der Waals surface area contributed by atoms with Crippen LogP contribution in [0.25, 0.3) is 5.69 Å². The molecule has 2 amide bonds. The Hall–Kier alpha value is -2.93. The lowest BCUT2D eigenvalue weighted by Crippen LogP contribution is -2.41. The standard InChI is InChI=1S/C22H28N4O3/c1-14-7-8-19(10-15(14)2)26-16(3)11-18(17(26)4)12-24-25-22(28)21(27)23-13-20-6-5-9-29-20/h7-8,10-12,20H,5-6,9,13H2,1-4H3,(H,23,27)(H,25,28)/b24-12-/t20-/m0/s1. The zero-order valence-electron chi connectivity index (χ0n) is 17.4. The summed E-state index contributed by atoms with van der Waals surface area (Å²) in [7, 11) is 0. The molecule has 3 rings (SSSR count). The highest BCUT2D eigenvalue weighted by Gasteiger charge is 2.19. The number of nitrogens with zero attached hydrogens (tertiary/aromatic N) is 2. The van der Waals surface area contributed by atoms with Crippen LogP contribution in [0.15, 0.2) is 29.4 Å². The van der Waals surface area contributed by atoms with Gasteiger partial charge < -0.3 is 14.6 Å². The van der Waals surface area contributed by atoms with Gasteiger partial charge in [-0.25, -0.2) is 5.43 Å². The van der Waals surface area contributed by atoms with Gasteiger partial charge in [0.25, 0.3) is 0 Å². The first-order chi connectivity index (χ1) is 13.9. The minimum Gasteiger partial charge on any atom is -0.376 e. The molecule has 7 heteroatoms. The average Bonchev–Trinajstić information content (AvgIpc) is 3.30. The van der Waals surface area contributed by atoms with Crippen LogP contribution < -0.4 is 10.7 Å². The molecule has 0 radical (unpaired) electrons. The van der Waals surface area contributed by atoms with Crippen molar-refractivity contribution < 1.29 is 14.3 Å². The molecular weight excluding hydrogens is 368 g/mol. The Balaban J connectivity index is 1.62. The Kier molecular flexibility index (Phi) is 6.49. The van der Waals surface area contributed by atoms with Crippen LogP contribution in [-0.4, -0.2) is 41.9 Å². The molecule has 0 spiro atoms. The van der Waals surface area contributed by atoms with Gasteiger partial charge in [-0.3, -0.25) is 9.59 Å². The Morgan fingerprint density at radius 1 is 1.17 bits per heavy atom. The van der Waals surface area contributed by atoms with Crippen molar-refractivity contribution in [2.45, 2.75) is 46.6 Å². The van der Waals surface area contributed by atoms with E-state index in [0.717, 1.165) is 35.5 Å². The summed E-state index contributed by atoms with van der Waals surface area (Å²) in [5, 5.41) is 6.53. The summed E-state index contributed by atoms with van der Waals surface area (Å²) >= 11 is 0. The van der Waals surface area contributed by atoms with Gasteiger partial charge in [0, 0.05) is 35.8 Å². The van der Waals surface area contributed by atoms with E-state index in [4.69, 9.17) is 4.74 Å². The maximum Gasteiger partial charge on any atom is 0.329 e. The molecule has 0 unspecified atom stereocenters. The van der Waals surface area contributed by atoms with Gasteiger partial charge in [-0.15, -0.1) is 0 Å². The lowest BCUT2D eigenvalue weighted by molar-refractivity contribution is -0.139. The molecule has 1 atom stereocenters. The summed E-state index contributed by atoms with van der Waals surface area (Å²) in [5.41, 5.74) is 8.79. The number of aromatic nitrogens is 1. The summed E-state index contributed by atoms with van der Waals surface area (Å²) in [5.74, 6) is -1.50. The third kappa shape index (κ3) is 4.92. The summed E-state index contributed by atoms with van der Waals surface area (Å²) < 4.78 is 7.56. The van der Waals surface area contributed by atoms with Crippen LogP contribution in [0, 0.1) is 27.7 Å². The van der Waals surface area contributed by atoms with Crippen molar-refractivity contribution in [3.8, 4) is 5.69 Å². The highest BCUT2D eigenvalue weighted by Crippen LogP contribution is 2.21. The number of carbonyl (C=O) groups is 2. The average molecular weight is 396 g/mol. The van der Waals surface area contributed by atoms with Crippen LogP contribution in [0.1, 0.15) is 40.9 Å². The van der Waals surface area contributed by atoms with Crippen LogP contribution in [0.2, 0.25) is 0 Å².